The van der Waals surface area contributed by atoms with Gasteiger partial charge in [-0.05, 0) is 24.3 Å². The lowest BCUT2D eigenvalue weighted by atomic mass is 10.3. The maximum atomic E-state index is 13.6. The molecular weight excluding hydrogens is 438 g/mol. The predicted octanol–water partition coefficient (Wildman–Crippen LogP) is 4.06. The summed E-state index contributed by atoms with van der Waals surface area (Å²) >= 11 is 1.26. The zero-order valence-electron chi connectivity index (χ0n) is 16.1. The summed E-state index contributed by atoms with van der Waals surface area (Å²) in [4.78, 5) is 20.4. The van der Waals surface area contributed by atoms with Crippen LogP contribution in [-0.2, 0) is 4.79 Å². The van der Waals surface area contributed by atoms with Crippen LogP contribution in [0.5, 0.6) is 11.5 Å². The molecule has 1 aliphatic heterocycles. The first kappa shape index (κ1) is 21.2. The van der Waals surface area contributed by atoms with Gasteiger partial charge in [-0.1, -0.05) is 23.5 Å². The average Bonchev–Trinajstić information content (AvgIpc) is 3.15. The fourth-order valence-electron chi connectivity index (χ4n) is 3.16. The molecule has 0 bridgehead atoms. The zero-order valence-corrected chi connectivity index (χ0v) is 16.9. The lowest BCUT2D eigenvalue weighted by Gasteiger charge is -2.34. The summed E-state index contributed by atoms with van der Waals surface area (Å²) in [5.74, 6) is -1.04. The number of thiazole rings is 1. The third-order valence-corrected chi connectivity index (χ3v) is 5.75. The third kappa shape index (κ3) is 5.16. The number of piperazine rings is 1. The normalized spacial score (nSPS) is 14.7. The minimum atomic E-state index is -4.75. The van der Waals surface area contributed by atoms with Crippen LogP contribution in [0.15, 0.2) is 42.5 Å². The first-order valence-corrected chi connectivity index (χ1v) is 10.2. The van der Waals surface area contributed by atoms with Crippen LogP contribution in [0.3, 0.4) is 0 Å². The zero-order chi connectivity index (χ0) is 22.0. The van der Waals surface area contributed by atoms with Gasteiger partial charge in [0.25, 0.3) is 5.91 Å². The molecule has 3 aromatic rings. The molecule has 0 unspecified atom stereocenters. The number of nitrogens with zero attached hydrogens (tertiary/aromatic N) is 3. The van der Waals surface area contributed by atoms with Crippen LogP contribution in [0.2, 0.25) is 0 Å². The summed E-state index contributed by atoms with van der Waals surface area (Å²) in [6.45, 7) is 1.62. The molecule has 1 fully saturated rings. The fraction of sp³-hybridized carbons (Fsp3) is 0.300. The SMILES string of the molecule is O=C(COc1ccccc1F)N1CCN(c2nc3ccc(OC(F)(F)F)cc3s2)CC1. The van der Waals surface area contributed by atoms with Crippen LogP contribution >= 0.6 is 11.3 Å². The number of halogens is 4. The Labute approximate surface area is 178 Å². The largest absolute Gasteiger partial charge is 0.573 e. The molecule has 0 spiro atoms. The van der Waals surface area contributed by atoms with Crippen LogP contribution in [-0.4, -0.2) is 54.9 Å². The number of fused-ring (bicyclic) bond motifs is 1. The molecule has 1 amide bonds. The van der Waals surface area contributed by atoms with Crippen molar-refractivity contribution in [1.29, 1.82) is 0 Å². The number of ether oxygens (including phenoxy) is 2. The topological polar surface area (TPSA) is 54.9 Å². The number of hydrogen-bond acceptors (Lipinski definition) is 6. The maximum absolute atomic E-state index is 13.6. The molecule has 1 aliphatic rings. The molecule has 164 valence electrons. The number of hydrogen-bond donors (Lipinski definition) is 0. The molecule has 2 heterocycles. The quantitative estimate of drug-likeness (QED) is 0.543. The van der Waals surface area contributed by atoms with E-state index in [1.54, 1.807) is 11.0 Å². The number of aromatic nitrogens is 1. The van der Waals surface area contributed by atoms with E-state index in [0.717, 1.165) is 0 Å². The summed E-state index contributed by atoms with van der Waals surface area (Å²) in [6.07, 6.45) is -4.75. The van der Waals surface area contributed by atoms with Crippen molar-refractivity contribution in [2.45, 2.75) is 6.36 Å². The summed E-state index contributed by atoms with van der Waals surface area (Å²) in [6, 6.07) is 9.90. The molecule has 11 heteroatoms. The molecule has 0 radical (unpaired) electrons. The number of anilines is 1. The second-order valence-electron chi connectivity index (χ2n) is 6.76. The van der Waals surface area contributed by atoms with Gasteiger partial charge in [0, 0.05) is 32.2 Å². The van der Waals surface area contributed by atoms with Crippen molar-refractivity contribution in [2.24, 2.45) is 0 Å². The highest BCUT2D eigenvalue weighted by Gasteiger charge is 2.31. The Morgan fingerprint density at radius 1 is 1.10 bits per heavy atom. The Hall–Kier alpha value is -3.08. The van der Waals surface area contributed by atoms with Gasteiger partial charge in [0.05, 0.1) is 10.2 Å². The number of benzene rings is 2. The van der Waals surface area contributed by atoms with Crippen LogP contribution in [0.4, 0.5) is 22.7 Å². The number of alkyl halides is 3. The van der Waals surface area contributed by atoms with Crippen molar-refractivity contribution in [3.63, 3.8) is 0 Å². The Balaban J connectivity index is 1.34. The summed E-state index contributed by atoms with van der Waals surface area (Å²) in [7, 11) is 0. The van der Waals surface area contributed by atoms with Gasteiger partial charge in [-0.25, -0.2) is 9.37 Å². The van der Waals surface area contributed by atoms with Gasteiger partial charge in [0.15, 0.2) is 23.3 Å². The van der Waals surface area contributed by atoms with E-state index in [0.29, 0.717) is 41.5 Å². The molecular formula is C20H17F4N3O3S. The molecule has 6 nitrogen and oxygen atoms in total. The Kier molecular flexibility index (Phi) is 5.86. The van der Waals surface area contributed by atoms with Crippen molar-refractivity contribution in [2.75, 3.05) is 37.7 Å². The van der Waals surface area contributed by atoms with Crippen LogP contribution < -0.4 is 14.4 Å². The van der Waals surface area contributed by atoms with E-state index in [-0.39, 0.29) is 24.0 Å². The van der Waals surface area contributed by atoms with E-state index >= 15 is 0 Å². The van der Waals surface area contributed by atoms with Gasteiger partial charge >= 0.3 is 6.36 Å². The van der Waals surface area contributed by atoms with Crippen molar-refractivity contribution < 1.29 is 31.8 Å². The Morgan fingerprint density at radius 2 is 1.84 bits per heavy atom. The molecule has 4 rings (SSSR count). The highest BCUT2D eigenvalue weighted by Crippen LogP contribution is 2.33. The van der Waals surface area contributed by atoms with Gasteiger partial charge in [0.2, 0.25) is 0 Å². The number of carbonyl (C=O) groups is 1. The van der Waals surface area contributed by atoms with Gasteiger partial charge in [0.1, 0.15) is 5.75 Å². The van der Waals surface area contributed by atoms with E-state index in [1.165, 1.54) is 47.7 Å². The van der Waals surface area contributed by atoms with E-state index in [2.05, 4.69) is 9.72 Å². The third-order valence-electron chi connectivity index (χ3n) is 4.67. The maximum Gasteiger partial charge on any atom is 0.573 e. The molecule has 0 atom stereocenters. The molecule has 1 saturated heterocycles. The highest BCUT2D eigenvalue weighted by atomic mass is 32.1. The van der Waals surface area contributed by atoms with E-state index in [9.17, 15) is 22.4 Å². The Morgan fingerprint density at radius 3 is 2.55 bits per heavy atom. The lowest BCUT2D eigenvalue weighted by molar-refractivity contribution is -0.274. The van der Waals surface area contributed by atoms with Gasteiger partial charge in [-0.2, -0.15) is 0 Å². The van der Waals surface area contributed by atoms with Crippen molar-refractivity contribution in [3.8, 4) is 11.5 Å². The predicted molar refractivity (Wildman–Crippen MR) is 107 cm³/mol. The van der Waals surface area contributed by atoms with Crippen molar-refractivity contribution >= 4 is 32.6 Å². The fourth-order valence-corrected chi connectivity index (χ4v) is 4.21. The lowest BCUT2D eigenvalue weighted by Crippen LogP contribution is -2.50. The molecule has 0 N–H and O–H groups in total. The van der Waals surface area contributed by atoms with Gasteiger partial charge in [-0.3, -0.25) is 4.79 Å². The van der Waals surface area contributed by atoms with Gasteiger partial charge in [-0.15, -0.1) is 13.2 Å². The second kappa shape index (κ2) is 8.58. The van der Waals surface area contributed by atoms with E-state index in [4.69, 9.17) is 4.74 Å². The molecule has 0 saturated carbocycles. The minimum Gasteiger partial charge on any atom is -0.481 e. The number of carbonyl (C=O) groups excluding carboxylic acids is 1. The average molecular weight is 455 g/mol. The molecule has 0 aliphatic carbocycles. The minimum absolute atomic E-state index is 0.0258. The smallest absolute Gasteiger partial charge is 0.481 e. The first-order chi connectivity index (χ1) is 14.8. The van der Waals surface area contributed by atoms with E-state index < -0.39 is 12.2 Å². The molecule has 31 heavy (non-hydrogen) atoms. The second-order valence-corrected chi connectivity index (χ2v) is 7.77. The highest BCUT2D eigenvalue weighted by molar-refractivity contribution is 7.22. The summed E-state index contributed by atoms with van der Waals surface area (Å²) < 4.78 is 60.6. The molecule has 1 aromatic heterocycles. The van der Waals surface area contributed by atoms with E-state index in [1.807, 2.05) is 4.90 Å². The van der Waals surface area contributed by atoms with Crippen LogP contribution in [0.25, 0.3) is 10.2 Å². The standard InChI is InChI=1S/C20H17F4N3O3S/c21-14-3-1-2-4-16(14)29-12-18(28)26-7-9-27(10-8-26)19-25-15-6-5-13(11-17(15)31-19)30-20(22,23)24/h1-6,11H,7-10,12H2. The number of para-hydroxylation sites is 1. The summed E-state index contributed by atoms with van der Waals surface area (Å²) in [5, 5.41) is 0.661. The molecule has 2 aromatic carbocycles. The van der Waals surface area contributed by atoms with Crippen LogP contribution in [0, 0.1) is 5.82 Å². The van der Waals surface area contributed by atoms with Gasteiger partial charge < -0.3 is 19.3 Å². The first-order valence-electron chi connectivity index (χ1n) is 9.35. The van der Waals surface area contributed by atoms with Crippen LogP contribution in [0.1, 0.15) is 0 Å². The Bertz CT molecular complexity index is 1080. The summed E-state index contributed by atoms with van der Waals surface area (Å²) in [5.41, 5.74) is 0.575. The van der Waals surface area contributed by atoms with Crippen molar-refractivity contribution in [3.05, 3.63) is 48.3 Å². The number of amides is 1. The van der Waals surface area contributed by atoms with Crippen molar-refractivity contribution in [1.82, 2.24) is 9.88 Å². The monoisotopic (exact) mass is 455 g/mol. The number of rotatable bonds is 5.